The summed E-state index contributed by atoms with van der Waals surface area (Å²) in [6, 6.07) is 21.5. The summed E-state index contributed by atoms with van der Waals surface area (Å²) >= 11 is 0. The molecule has 3 aromatic rings. The molecule has 0 bridgehead atoms. The lowest BCUT2D eigenvalue weighted by atomic mass is 9.95. The zero-order valence-corrected chi connectivity index (χ0v) is 12.0. The van der Waals surface area contributed by atoms with E-state index in [-0.39, 0.29) is 0 Å². The van der Waals surface area contributed by atoms with Gasteiger partial charge in [-0.25, -0.2) is 0 Å². The topological polar surface area (TPSA) is 9.23 Å². The van der Waals surface area contributed by atoms with E-state index in [1.54, 1.807) is 7.11 Å². The molecule has 3 aromatic carbocycles. The molecule has 0 radical (unpaired) electrons. The Labute approximate surface area is 124 Å². The Morgan fingerprint density at radius 3 is 2.52 bits per heavy atom. The van der Waals surface area contributed by atoms with Crippen molar-refractivity contribution in [1.29, 1.82) is 0 Å². The molecule has 0 unspecified atom stereocenters. The second-order valence-corrected chi connectivity index (χ2v) is 5.40. The Balaban J connectivity index is 1.96. The summed E-state index contributed by atoms with van der Waals surface area (Å²) in [5.41, 5.74) is 6.46. The van der Waals surface area contributed by atoms with Crippen LogP contribution in [0.2, 0.25) is 0 Å². The third-order valence-electron chi connectivity index (χ3n) is 4.14. The SMILES string of the molecule is COCc1ccc2c3c(cccc13)C=C2c1ccccc1. The van der Waals surface area contributed by atoms with Crippen molar-refractivity contribution in [2.75, 3.05) is 7.11 Å². The van der Waals surface area contributed by atoms with Gasteiger partial charge in [0.25, 0.3) is 0 Å². The van der Waals surface area contributed by atoms with Crippen LogP contribution in [0.1, 0.15) is 22.3 Å². The van der Waals surface area contributed by atoms with Crippen molar-refractivity contribution in [2.45, 2.75) is 6.61 Å². The van der Waals surface area contributed by atoms with Gasteiger partial charge in [0, 0.05) is 7.11 Å². The van der Waals surface area contributed by atoms with Crippen LogP contribution in [0.4, 0.5) is 0 Å². The lowest BCUT2D eigenvalue weighted by Gasteiger charge is -2.10. The summed E-state index contributed by atoms with van der Waals surface area (Å²) in [5.74, 6) is 0. The standard InChI is InChI=1S/C20H16O/c1-21-13-16-10-11-18-19(14-6-3-2-4-7-14)12-15-8-5-9-17(16)20(15)18/h2-12H,13H2,1H3. The highest BCUT2D eigenvalue weighted by molar-refractivity contribution is 6.13. The van der Waals surface area contributed by atoms with Crippen LogP contribution in [0.25, 0.3) is 22.4 Å². The molecule has 0 amide bonds. The fraction of sp³-hybridized carbons (Fsp3) is 0.100. The third-order valence-corrected chi connectivity index (χ3v) is 4.14. The van der Waals surface area contributed by atoms with Gasteiger partial charge in [-0.05, 0) is 44.7 Å². The summed E-state index contributed by atoms with van der Waals surface area (Å²) < 4.78 is 5.33. The van der Waals surface area contributed by atoms with Crippen molar-refractivity contribution in [2.24, 2.45) is 0 Å². The average Bonchev–Trinajstić information content (AvgIpc) is 2.92. The number of hydrogen-bond acceptors (Lipinski definition) is 1. The van der Waals surface area contributed by atoms with E-state index in [1.165, 1.54) is 38.6 Å². The van der Waals surface area contributed by atoms with E-state index in [1.807, 2.05) is 0 Å². The van der Waals surface area contributed by atoms with E-state index in [0.29, 0.717) is 6.61 Å². The van der Waals surface area contributed by atoms with Gasteiger partial charge >= 0.3 is 0 Å². The largest absolute Gasteiger partial charge is 0.380 e. The van der Waals surface area contributed by atoms with Gasteiger partial charge < -0.3 is 4.74 Å². The first-order chi connectivity index (χ1) is 10.4. The van der Waals surface area contributed by atoms with Crippen molar-refractivity contribution in [1.82, 2.24) is 0 Å². The van der Waals surface area contributed by atoms with E-state index < -0.39 is 0 Å². The first-order valence-electron chi connectivity index (χ1n) is 7.19. The Kier molecular flexibility index (Phi) is 2.87. The molecule has 0 N–H and O–H groups in total. The molecule has 21 heavy (non-hydrogen) atoms. The van der Waals surface area contributed by atoms with Crippen LogP contribution in [0.3, 0.4) is 0 Å². The molecule has 1 aliphatic rings. The van der Waals surface area contributed by atoms with E-state index in [2.05, 4.69) is 66.7 Å². The van der Waals surface area contributed by atoms with Crippen LogP contribution >= 0.6 is 0 Å². The Bertz CT molecular complexity index is 844. The van der Waals surface area contributed by atoms with Crippen molar-refractivity contribution in [3.05, 3.63) is 82.9 Å². The first kappa shape index (κ1) is 12.4. The smallest absolute Gasteiger partial charge is 0.0719 e. The molecule has 1 heteroatoms. The van der Waals surface area contributed by atoms with Gasteiger partial charge in [0.2, 0.25) is 0 Å². The minimum atomic E-state index is 0.654. The second-order valence-electron chi connectivity index (χ2n) is 5.40. The van der Waals surface area contributed by atoms with Crippen molar-refractivity contribution in [3.63, 3.8) is 0 Å². The van der Waals surface area contributed by atoms with Gasteiger partial charge in [0.1, 0.15) is 0 Å². The number of hydrogen-bond donors (Lipinski definition) is 0. The van der Waals surface area contributed by atoms with E-state index in [4.69, 9.17) is 4.74 Å². The highest BCUT2D eigenvalue weighted by Crippen LogP contribution is 2.40. The second kappa shape index (κ2) is 4.87. The van der Waals surface area contributed by atoms with Gasteiger partial charge in [0.15, 0.2) is 0 Å². The number of ether oxygens (including phenoxy) is 1. The van der Waals surface area contributed by atoms with Crippen LogP contribution < -0.4 is 0 Å². The lowest BCUT2D eigenvalue weighted by molar-refractivity contribution is 0.186. The summed E-state index contributed by atoms with van der Waals surface area (Å²) in [7, 11) is 1.75. The number of methoxy groups -OCH3 is 1. The lowest BCUT2D eigenvalue weighted by Crippen LogP contribution is -1.92. The molecule has 0 saturated carbocycles. The normalized spacial score (nSPS) is 12.7. The Hall–Kier alpha value is -2.38. The Morgan fingerprint density at radius 1 is 0.857 bits per heavy atom. The molecule has 0 aliphatic heterocycles. The molecule has 0 saturated heterocycles. The minimum Gasteiger partial charge on any atom is -0.380 e. The molecule has 0 atom stereocenters. The maximum absolute atomic E-state index is 5.33. The molecule has 0 spiro atoms. The van der Waals surface area contributed by atoms with Gasteiger partial charge in [0.05, 0.1) is 6.61 Å². The average molecular weight is 272 g/mol. The fourth-order valence-electron chi connectivity index (χ4n) is 3.21. The molecule has 102 valence electrons. The summed E-state index contributed by atoms with van der Waals surface area (Å²) in [4.78, 5) is 0. The van der Waals surface area contributed by atoms with Crippen LogP contribution in [0, 0.1) is 0 Å². The van der Waals surface area contributed by atoms with Gasteiger partial charge in [-0.1, -0.05) is 60.7 Å². The molecular formula is C20H16O. The van der Waals surface area contributed by atoms with Crippen molar-refractivity contribution < 1.29 is 4.74 Å². The van der Waals surface area contributed by atoms with Crippen LogP contribution in [0.5, 0.6) is 0 Å². The van der Waals surface area contributed by atoms with Gasteiger partial charge in [-0.15, -0.1) is 0 Å². The Morgan fingerprint density at radius 2 is 1.71 bits per heavy atom. The summed E-state index contributed by atoms with van der Waals surface area (Å²) in [6.07, 6.45) is 2.30. The van der Waals surface area contributed by atoms with Gasteiger partial charge in [-0.2, -0.15) is 0 Å². The predicted octanol–water partition coefficient (Wildman–Crippen LogP) is 4.89. The highest BCUT2D eigenvalue weighted by Gasteiger charge is 2.18. The summed E-state index contributed by atoms with van der Waals surface area (Å²) in [6.45, 7) is 0.654. The fourth-order valence-corrected chi connectivity index (χ4v) is 3.21. The monoisotopic (exact) mass is 272 g/mol. The third kappa shape index (κ3) is 1.90. The first-order valence-corrected chi connectivity index (χ1v) is 7.19. The molecule has 0 fully saturated rings. The van der Waals surface area contributed by atoms with E-state index in [0.717, 1.165) is 0 Å². The maximum Gasteiger partial charge on any atom is 0.0719 e. The van der Waals surface area contributed by atoms with E-state index >= 15 is 0 Å². The molecule has 4 rings (SSSR count). The van der Waals surface area contributed by atoms with Crippen LogP contribution in [-0.2, 0) is 11.3 Å². The zero-order chi connectivity index (χ0) is 14.2. The van der Waals surface area contributed by atoms with Gasteiger partial charge in [-0.3, -0.25) is 0 Å². The van der Waals surface area contributed by atoms with E-state index in [9.17, 15) is 0 Å². The van der Waals surface area contributed by atoms with Crippen LogP contribution in [0.15, 0.2) is 60.7 Å². The molecule has 1 nitrogen and oxygen atoms in total. The molecule has 0 heterocycles. The number of rotatable bonds is 3. The number of benzene rings is 3. The molecule has 0 aromatic heterocycles. The zero-order valence-electron chi connectivity index (χ0n) is 12.0. The molecular weight excluding hydrogens is 256 g/mol. The highest BCUT2D eigenvalue weighted by atomic mass is 16.5. The quantitative estimate of drug-likeness (QED) is 0.516. The van der Waals surface area contributed by atoms with Crippen molar-refractivity contribution in [3.8, 4) is 0 Å². The van der Waals surface area contributed by atoms with Crippen LogP contribution in [-0.4, -0.2) is 7.11 Å². The molecule has 1 aliphatic carbocycles. The minimum absolute atomic E-state index is 0.654. The maximum atomic E-state index is 5.33. The predicted molar refractivity (Wildman–Crippen MR) is 88.1 cm³/mol. The summed E-state index contributed by atoms with van der Waals surface area (Å²) in [5, 5.41) is 2.65. The van der Waals surface area contributed by atoms with Crippen molar-refractivity contribution >= 4 is 22.4 Å².